The molecule has 0 spiro atoms. The first-order valence-electron chi connectivity index (χ1n) is 6.27. The smallest absolute Gasteiger partial charge is 0.147 e. The first-order chi connectivity index (χ1) is 8.81. The first kappa shape index (κ1) is 13.5. The van der Waals surface area contributed by atoms with Gasteiger partial charge in [0, 0.05) is 5.92 Å². The molecule has 18 heavy (non-hydrogen) atoms. The molecule has 1 heterocycles. The molecule has 1 saturated heterocycles. The molecule has 1 aromatic carbocycles. The van der Waals surface area contributed by atoms with E-state index in [1.165, 1.54) is 0 Å². The van der Waals surface area contributed by atoms with Gasteiger partial charge >= 0.3 is 0 Å². The van der Waals surface area contributed by atoms with E-state index in [1.807, 2.05) is 30.3 Å². The number of epoxide rings is 1. The topological polar surface area (TPSA) is 51.2 Å². The zero-order valence-corrected chi connectivity index (χ0v) is 10.6. The van der Waals surface area contributed by atoms with Crippen molar-refractivity contribution in [3.05, 3.63) is 35.9 Å². The second kappa shape index (κ2) is 6.85. The summed E-state index contributed by atoms with van der Waals surface area (Å²) in [7, 11) is 0. The largest absolute Gasteiger partial charge is 0.394 e. The van der Waals surface area contributed by atoms with Crippen molar-refractivity contribution in [3.8, 4) is 0 Å². The van der Waals surface area contributed by atoms with Gasteiger partial charge in [-0.3, -0.25) is 0 Å². The van der Waals surface area contributed by atoms with Crippen molar-refractivity contribution < 1.29 is 19.3 Å². The molecule has 0 aliphatic carbocycles. The van der Waals surface area contributed by atoms with Crippen LogP contribution < -0.4 is 0 Å². The van der Waals surface area contributed by atoms with Crippen LogP contribution in [0.4, 0.5) is 0 Å². The van der Waals surface area contributed by atoms with Gasteiger partial charge in [-0.25, -0.2) is 0 Å². The van der Waals surface area contributed by atoms with E-state index in [2.05, 4.69) is 6.92 Å². The minimum Gasteiger partial charge on any atom is -0.394 e. The van der Waals surface area contributed by atoms with Gasteiger partial charge in [0.15, 0.2) is 0 Å². The zero-order valence-electron chi connectivity index (χ0n) is 10.6. The average molecular weight is 252 g/mol. The van der Waals surface area contributed by atoms with E-state index in [0.29, 0.717) is 19.1 Å². The van der Waals surface area contributed by atoms with Crippen LogP contribution in [0.5, 0.6) is 0 Å². The lowest BCUT2D eigenvalue weighted by atomic mass is 10.1. The normalized spacial score (nSPS) is 23.9. The highest BCUT2D eigenvalue weighted by atomic mass is 16.7. The SMILES string of the molecule is C[C@@H](COCOCc1ccccc1)[C@@H]1O[C@@H]1CO. The van der Waals surface area contributed by atoms with Crippen molar-refractivity contribution >= 4 is 0 Å². The zero-order chi connectivity index (χ0) is 12.8. The van der Waals surface area contributed by atoms with E-state index in [-0.39, 0.29) is 25.6 Å². The Morgan fingerprint density at radius 2 is 2.06 bits per heavy atom. The molecule has 4 nitrogen and oxygen atoms in total. The Labute approximate surface area is 107 Å². The molecule has 0 saturated carbocycles. The summed E-state index contributed by atoms with van der Waals surface area (Å²) < 4.78 is 16.1. The summed E-state index contributed by atoms with van der Waals surface area (Å²) in [5.41, 5.74) is 1.14. The molecule has 0 bridgehead atoms. The van der Waals surface area contributed by atoms with Crippen LogP contribution in [-0.2, 0) is 20.8 Å². The predicted octanol–water partition coefficient (Wildman–Crippen LogP) is 1.57. The van der Waals surface area contributed by atoms with E-state index >= 15 is 0 Å². The molecule has 2 rings (SSSR count). The summed E-state index contributed by atoms with van der Waals surface area (Å²) in [6.07, 6.45) is 0.151. The van der Waals surface area contributed by atoms with Gasteiger partial charge < -0.3 is 19.3 Å². The van der Waals surface area contributed by atoms with E-state index in [4.69, 9.17) is 19.3 Å². The molecular weight excluding hydrogens is 232 g/mol. The molecule has 1 fully saturated rings. The Balaban J connectivity index is 1.51. The fourth-order valence-corrected chi connectivity index (χ4v) is 1.93. The molecule has 4 heteroatoms. The van der Waals surface area contributed by atoms with Crippen LogP contribution in [0.2, 0.25) is 0 Å². The van der Waals surface area contributed by atoms with Crippen molar-refractivity contribution in [1.29, 1.82) is 0 Å². The number of rotatable bonds is 8. The summed E-state index contributed by atoms with van der Waals surface area (Å²) in [6.45, 7) is 3.59. The Bertz CT molecular complexity index is 341. The van der Waals surface area contributed by atoms with Crippen molar-refractivity contribution in [1.82, 2.24) is 0 Å². The predicted molar refractivity (Wildman–Crippen MR) is 67.0 cm³/mol. The third-order valence-corrected chi connectivity index (χ3v) is 3.02. The van der Waals surface area contributed by atoms with Crippen LogP contribution in [0.15, 0.2) is 30.3 Å². The minimum absolute atomic E-state index is 0.00818. The van der Waals surface area contributed by atoms with Crippen LogP contribution >= 0.6 is 0 Å². The second-order valence-corrected chi connectivity index (χ2v) is 4.62. The van der Waals surface area contributed by atoms with E-state index in [0.717, 1.165) is 5.56 Å². The lowest BCUT2D eigenvalue weighted by Gasteiger charge is -2.10. The van der Waals surface area contributed by atoms with Crippen molar-refractivity contribution in [2.45, 2.75) is 25.7 Å². The van der Waals surface area contributed by atoms with Gasteiger partial charge in [-0.1, -0.05) is 37.3 Å². The van der Waals surface area contributed by atoms with Gasteiger partial charge in [0.05, 0.1) is 25.9 Å². The van der Waals surface area contributed by atoms with Crippen LogP contribution in [0, 0.1) is 5.92 Å². The Morgan fingerprint density at radius 1 is 1.28 bits per heavy atom. The van der Waals surface area contributed by atoms with Crippen LogP contribution in [0.3, 0.4) is 0 Å². The fraction of sp³-hybridized carbons (Fsp3) is 0.571. The number of benzene rings is 1. The fourth-order valence-electron chi connectivity index (χ4n) is 1.93. The molecule has 0 radical (unpaired) electrons. The highest BCUT2D eigenvalue weighted by Crippen LogP contribution is 2.28. The maximum absolute atomic E-state index is 8.87. The van der Waals surface area contributed by atoms with Gasteiger partial charge in [-0.05, 0) is 5.56 Å². The van der Waals surface area contributed by atoms with E-state index in [9.17, 15) is 0 Å². The number of ether oxygens (including phenoxy) is 3. The molecule has 100 valence electrons. The number of hydrogen-bond acceptors (Lipinski definition) is 4. The van der Waals surface area contributed by atoms with Crippen LogP contribution in [0.25, 0.3) is 0 Å². The third kappa shape index (κ3) is 4.07. The maximum Gasteiger partial charge on any atom is 0.147 e. The maximum atomic E-state index is 8.87. The molecule has 1 aromatic rings. The van der Waals surface area contributed by atoms with Crippen molar-refractivity contribution in [3.63, 3.8) is 0 Å². The Hall–Kier alpha value is -0.940. The van der Waals surface area contributed by atoms with Crippen molar-refractivity contribution in [2.24, 2.45) is 5.92 Å². The summed E-state index contributed by atoms with van der Waals surface area (Å²) >= 11 is 0. The van der Waals surface area contributed by atoms with Crippen molar-refractivity contribution in [2.75, 3.05) is 20.0 Å². The van der Waals surface area contributed by atoms with Gasteiger partial charge in [-0.2, -0.15) is 0 Å². The molecule has 0 unspecified atom stereocenters. The Morgan fingerprint density at radius 3 is 2.72 bits per heavy atom. The van der Waals surface area contributed by atoms with E-state index < -0.39 is 0 Å². The molecule has 3 atom stereocenters. The highest BCUT2D eigenvalue weighted by molar-refractivity contribution is 5.13. The van der Waals surface area contributed by atoms with Gasteiger partial charge in [0.1, 0.15) is 12.9 Å². The first-order valence-corrected chi connectivity index (χ1v) is 6.27. The molecular formula is C14H20O4. The van der Waals surface area contributed by atoms with Gasteiger partial charge in [-0.15, -0.1) is 0 Å². The summed E-state index contributed by atoms with van der Waals surface area (Å²) in [6, 6.07) is 10.00. The second-order valence-electron chi connectivity index (χ2n) is 4.62. The lowest BCUT2D eigenvalue weighted by molar-refractivity contribution is -0.0719. The molecule has 1 aliphatic rings. The summed E-state index contributed by atoms with van der Waals surface area (Å²) in [5.74, 6) is 0.294. The number of aliphatic hydroxyl groups is 1. The van der Waals surface area contributed by atoms with Gasteiger partial charge in [0.25, 0.3) is 0 Å². The van der Waals surface area contributed by atoms with E-state index in [1.54, 1.807) is 0 Å². The van der Waals surface area contributed by atoms with Crippen LogP contribution in [0.1, 0.15) is 12.5 Å². The average Bonchev–Trinajstić information content (AvgIpc) is 3.19. The molecule has 1 aliphatic heterocycles. The monoisotopic (exact) mass is 252 g/mol. The summed E-state index contributed by atoms with van der Waals surface area (Å²) in [5, 5.41) is 8.87. The minimum atomic E-state index is 0.00818. The lowest BCUT2D eigenvalue weighted by Crippen LogP contribution is -2.16. The molecule has 0 aromatic heterocycles. The highest BCUT2D eigenvalue weighted by Gasteiger charge is 2.42. The standard InChI is InChI=1S/C14H20O4/c1-11(14-13(7-15)18-14)8-16-10-17-9-12-5-3-2-4-6-12/h2-6,11,13-15H,7-10H2,1H3/t11-,13+,14-/m0/s1. The van der Waals surface area contributed by atoms with Crippen LogP contribution in [-0.4, -0.2) is 37.3 Å². The Kier molecular flexibility index (Phi) is 5.13. The molecule has 1 N–H and O–H groups in total. The number of hydrogen-bond donors (Lipinski definition) is 1. The van der Waals surface area contributed by atoms with Gasteiger partial charge in [0.2, 0.25) is 0 Å². The third-order valence-electron chi connectivity index (χ3n) is 3.02. The quantitative estimate of drug-likeness (QED) is 0.433. The summed E-state index contributed by atoms with van der Waals surface area (Å²) in [4.78, 5) is 0. The molecule has 0 amide bonds. The number of aliphatic hydroxyl groups excluding tert-OH is 1.